The molecule has 2 N–H and O–H groups in total. The van der Waals surface area contributed by atoms with E-state index in [-0.39, 0.29) is 5.95 Å². The Morgan fingerprint density at radius 1 is 1.43 bits per heavy atom. The van der Waals surface area contributed by atoms with Crippen molar-refractivity contribution < 1.29 is 0 Å². The standard InChI is InChI=1S/C7H5BrN4S2/c8-4-3-5(12-6(9)11-4)14-7-10-1-2-13-7/h1-3H,(H2,9,11,12). The van der Waals surface area contributed by atoms with Crippen LogP contribution in [0.25, 0.3) is 0 Å². The van der Waals surface area contributed by atoms with Crippen LogP contribution in [0.4, 0.5) is 5.95 Å². The van der Waals surface area contributed by atoms with Gasteiger partial charge in [0.15, 0.2) is 4.34 Å². The van der Waals surface area contributed by atoms with Gasteiger partial charge in [-0.1, -0.05) is 0 Å². The van der Waals surface area contributed by atoms with Crippen molar-refractivity contribution in [2.75, 3.05) is 5.73 Å². The summed E-state index contributed by atoms with van der Waals surface area (Å²) in [5.41, 5.74) is 5.51. The van der Waals surface area contributed by atoms with Gasteiger partial charge in [-0.15, -0.1) is 11.3 Å². The maximum absolute atomic E-state index is 5.51. The summed E-state index contributed by atoms with van der Waals surface area (Å²) < 4.78 is 1.62. The summed E-state index contributed by atoms with van der Waals surface area (Å²) in [4.78, 5) is 12.1. The molecule has 0 aromatic carbocycles. The third-order valence-corrected chi connectivity index (χ3v) is 3.50. The molecule has 7 heteroatoms. The van der Waals surface area contributed by atoms with Crippen molar-refractivity contribution in [2.45, 2.75) is 9.37 Å². The Kier molecular flexibility index (Phi) is 2.99. The van der Waals surface area contributed by atoms with Crippen LogP contribution < -0.4 is 5.73 Å². The number of anilines is 1. The summed E-state index contributed by atoms with van der Waals surface area (Å²) in [7, 11) is 0. The van der Waals surface area contributed by atoms with Crippen LogP contribution in [0.2, 0.25) is 0 Å². The minimum Gasteiger partial charge on any atom is -0.368 e. The lowest BCUT2D eigenvalue weighted by Gasteiger charge is -1.98. The molecule has 0 bridgehead atoms. The molecule has 0 saturated carbocycles. The summed E-state index contributed by atoms with van der Waals surface area (Å²) in [6, 6.07) is 1.81. The molecule has 14 heavy (non-hydrogen) atoms. The van der Waals surface area contributed by atoms with E-state index < -0.39 is 0 Å². The Morgan fingerprint density at radius 3 is 2.93 bits per heavy atom. The van der Waals surface area contributed by atoms with Crippen LogP contribution in [0.15, 0.2) is 31.6 Å². The highest BCUT2D eigenvalue weighted by atomic mass is 79.9. The van der Waals surface area contributed by atoms with Crippen LogP contribution in [0, 0.1) is 0 Å². The number of nitrogens with two attached hydrogens (primary N) is 1. The van der Waals surface area contributed by atoms with Gasteiger partial charge in [-0.2, -0.15) is 0 Å². The van der Waals surface area contributed by atoms with Crippen LogP contribution in [0.3, 0.4) is 0 Å². The van der Waals surface area contributed by atoms with E-state index in [2.05, 4.69) is 30.9 Å². The number of hydrogen-bond acceptors (Lipinski definition) is 6. The molecule has 2 aromatic rings. The fourth-order valence-corrected chi connectivity index (χ4v) is 2.94. The lowest BCUT2D eigenvalue weighted by molar-refractivity contribution is 1.04. The molecule has 72 valence electrons. The first-order valence-corrected chi connectivity index (χ1v) is 6.10. The van der Waals surface area contributed by atoms with E-state index in [1.807, 2.05) is 11.4 Å². The molecular weight excluding hydrogens is 284 g/mol. The Morgan fingerprint density at radius 2 is 2.29 bits per heavy atom. The van der Waals surface area contributed by atoms with E-state index in [0.29, 0.717) is 4.60 Å². The lowest BCUT2D eigenvalue weighted by Crippen LogP contribution is -1.95. The molecule has 0 spiro atoms. The van der Waals surface area contributed by atoms with Gasteiger partial charge in [-0.25, -0.2) is 15.0 Å². The van der Waals surface area contributed by atoms with Crippen molar-refractivity contribution in [3.63, 3.8) is 0 Å². The Bertz CT molecular complexity index is 411. The first kappa shape index (κ1) is 9.88. The van der Waals surface area contributed by atoms with Crippen LogP contribution in [-0.2, 0) is 0 Å². The zero-order chi connectivity index (χ0) is 9.97. The maximum Gasteiger partial charge on any atom is 0.222 e. The Balaban J connectivity index is 2.25. The second kappa shape index (κ2) is 4.24. The average molecular weight is 289 g/mol. The highest BCUT2D eigenvalue weighted by molar-refractivity contribution is 9.10. The van der Waals surface area contributed by atoms with Crippen molar-refractivity contribution in [3.8, 4) is 0 Å². The van der Waals surface area contributed by atoms with Gasteiger partial charge in [-0.3, -0.25) is 0 Å². The molecule has 0 unspecified atom stereocenters. The predicted octanol–water partition coefficient (Wildman–Crippen LogP) is 2.43. The van der Waals surface area contributed by atoms with E-state index >= 15 is 0 Å². The summed E-state index contributed by atoms with van der Waals surface area (Å²) in [6.07, 6.45) is 1.76. The predicted molar refractivity (Wildman–Crippen MR) is 60.4 cm³/mol. The lowest BCUT2D eigenvalue weighted by atomic mass is 10.7. The molecule has 0 radical (unpaired) electrons. The monoisotopic (exact) mass is 288 g/mol. The topological polar surface area (TPSA) is 64.7 Å². The van der Waals surface area contributed by atoms with Crippen molar-refractivity contribution in [1.29, 1.82) is 0 Å². The summed E-state index contributed by atoms with van der Waals surface area (Å²) in [5.74, 6) is 0.262. The maximum atomic E-state index is 5.51. The highest BCUT2D eigenvalue weighted by Crippen LogP contribution is 2.29. The average Bonchev–Trinajstić information content (AvgIpc) is 2.54. The molecule has 0 fully saturated rings. The minimum absolute atomic E-state index is 0.262. The molecular formula is C7H5BrN4S2. The normalized spacial score (nSPS) is 10.4. The van der Waals surface area contributed by atoms with Gasteiger partial charge in [0, 0.05) is 17.6 Å². The number of rotatable bonds is 2. The van der Waals surface area contributed by atoms with Gasteiger partial charge in [0.25, 0.3) is 0 Å². The summed E-state index contributed by atoms with van der Waals surface area (Å²) in [5, 5.41) is 2.71. The molecule has 2 aromatic heterocycles. The van der Waals surface area contributed by atoms with Gasteiger partial charge in [0.2, 0.25) is 5.95 Å². The van der Waals surface area contributed by atoms with Crippen molar-refractivity contribution in [2.24, 2.45) is 0 Å². The number of hydrogen-bond donors (Lipinski definition) is 1. The van der Waals surface area contributed by atoms with Crippen LogP contribution in [0.5, 0.6) is 0 Å². The fourth-order valence-electron chi connectivity index (χ4n) is 0.816. The third kappa shape index (κ3) is 2.43. The van der Waals surface area contributed by atoms with Crippen LogP contribution >= 0.6 is 39.0 Å². The van der Waals surface area contributed by atoms with E-state index in [4.69, 9.17) is 5.73 Å². The van der Waals surface area contributed by atoms with Gasteiger partial charge < -0.3 is 5.73 Å². The molecule has 2 rings (SSSR count). The number of nitrogen functional groups attached to an aromatic ring is 1. The number of halogens is 1. The van der Waals surface area contributed by atoms with Gasteiger partial charge in [0.1, 0.15) is 9.63 Å². The van der Waals surface area contributed by atoms with Gasteiger partial charge in [0.05, 0.1) is 0 Å². The number of aromatic nitrogens is 3. The van der Waals surface area contributed by atoms with Gasteiger partial charge in [-0.05, 0) is 27.7 Å². The molecule has 0 aliphatic rings. The van der Waals surface area contributed by atoms with E-state index in [1.165, 1.54) is 11.8 Å². The van der Waals surface area contributed by atoms with E-state index in [1.54, 1.807) is 17.5 Å². The first-order valence-electron chi connectivity index (χ1n) is 3.61. The molecule has 0 amide bonds. The van der Waals surface area contributed by atoms with E-state index in [0.717, 1.165) is 9.37 Å². The second-order valence-electron chi connectivity index (χ2n) is 2.29. The van der Waals surface area contributed by atoms with Gasteiger partial charge >= 0.3 is 0 Å². The molecule has 0 saturated heterocycles. The zero-order valence-electron chi connectivity index (χ0n) is 6.85. The SMILES string of the molecule is Nc1nc(Br)cc(Sc2nccs2)n1. The first-order chi connectivity index (χ1) is 6.74. The molecule has 0 aliphatic heterocycles. The molecule has 0 aliphatic carbocycles. The van der Waals surface area contributed by atoms with Crippen molar-refractivity contribution >= 4 is 45.0 Å². The molecule has 2 heterocycles. The van der Waals surface area contributed by atoms with Crippen molar-refractivity contribution in [3.05, 3.63) is 22.2 Å². The third-order valence-electron chi connectivity index (χ3n) is 1.29. The zero-order valence-corrected chi connectivity index (χ0v) is 10.1. The molecule has 0 atom stereocenters. The Hall–Kier alpha value is -0.660. The molecule has 4 nitrogen and oxygen atoms in total. The quantitative estimate of drug-likeness (QED) is 0.860. The smallest absolute Gasteiger partial charge is 0.222 e. The Labute approximate surface area is 97.1 Å². The van der Waals surface area contributed by atoms with Crippen LogP contribution in [-0.4, -0.2) is 15.0 Å². The highest BCUT2D eigenvalue weighted by Gasteiger charge is 2.04. The largest absolute Gasteiger partial charge is 0.368 e. The summed E-state index contributed by atoms with van der Waals surface area (Å²) >= 11 is 6.29. The van der Waals surface area contributed by atoms with Crippen LogP contribution in [0.1, 0.15) is 0 Å². The summed E-state index contributed by atoms with van der Waals surface area (Å²) in [6.45, 7) is 0. The van der Waals surface area contributed by atoms with Crippen molar-refractivity contribution in [1.82, 2.24) is 15.0 Å². The van der Waals surface area contributed by atoms with E-state index in [9.17, 15) is 0 Å². The fraction of sp³-hybridized carbons (Fsp3) is 0. The second-order valence-corrected chi connectivity index (χ2v) is 5.26. The number of nitrogens with zero attached hydrogens (tertiary/aromatic N) is 3. The minimum atomic E-state index is 0.262. The number of thiazole rings is 1.